The van der Waals surface area contributed by atoms with Crippen LogP contribution in [0.4, 0.5) is 0 Å². The van der Waals surface area contributed by atoms with Crippen LogP contribution in [-0.4, -0.2) is 19.8 Å². The molecule has 0 aromatic heterocycles. The molecule has 0 aliphatic heterocycles. The molecule has 0 aliphatic rings. The molecule has 0 amide bonds. The predicted octanol–water partition coefficient (Wildman–Crippen LogP) is 2.08. The van der Waals surface area contributed by atoms with Gasteiger partial charge in [-0.1, -0.05) is 11.6 Å². The van der Waals surface area contributed by atoms with E-state index in [1.165, 1.54) is 0 Å². The minimum atomic E-state index is 0.474. The number of hydrogen-bond donors (Lipinski definition) is 1. The van der Waals surface area contributed by atoms with Crippen LogP contribution in [0.25, 0.3) is 0 Å². The summed E-state index contributed by atoms with van der Waals surface area (Å²) < 4.78 is 10.7. The summed E-state index contributed by atoms with van der Waals surface area (Å²) >= 11 is 5.83. The molecule has 1 aromatic carbocycles. The van der Waals surface area contributed by atoms with Gasteiger partial charge in [0.1, 0.15) is 6.61 Å². The first kappa shape index (κ1) is 11.1. The van der Waals surface area contributed by atoms with E-state index in [2.05, 4.69) is 0 Å². The van der Waals surface area contributed by atoms with E-state index in [0.717, 1.165) is 0 Å². The highest BCUT2D eigenvalue weighted by molar-refractivity contribution is 6.30. The minimum absolute atomic E-state index is 0.474. The maximum atomic E-state index is 5.83. The molecule has 0 bridgehead atoms. The first-order valence-electron chi connectivity index (χ1n) is 4.53. The smallest absolute Gasteiger partial charge is 0.162 e. The molecular formula is C10H14ClNO2. The summed E-state index contributed by atoms with van der Waals surface area (Å²) in [6.07, 6.45) is 0. The van der Waals surface area contributed by atoms with Gasteiger partial charge < -0.3 is 15.2 Å². The molecule has 0 fully saturated rings. The highest BCUT2D eigenvalue weighted by Gasteiger charge is 2.04. The monoisotopic (exact) mass is 215 g/mol. The van der Waals surface area contributed by atoms with E-state index >= 15 is 0 Å². The summed E-state index contributed by atoms with van der Waals surface area (Å²) in [4.78, 5) is 0. The average Bonchev–Trinajstić information content (AvgIpc) is 2.17. The van der Waals surface area contributed by atoms with Crippen molar-refractivity contribution in [1.29, 1.82) is 0 Å². The number of hydrogen-bond acceptors (Lipinski definition) is 3. The van der Waals surface area contributed by atoms with Gasteiger partial charge in [-0.2, -0.15) is 0 Å². The lowest BCUT2D eigenvalue weighted by Crippen LogP contribution is -2.11. The molecule has 14 heavy (non-hydrogen) atoms. The van der Waals surface area contributed by atoms with Crippen LogP contribution < -0.4 is 15.2 Å². The van der Waals surface area contributed by atoms with Crippen LogP contribution in [0.15, 0.2) is 18.2 Å². The Morgan fingerprint density at radius 2 is 2.07 bits per heavy atom. The largest absolute Gasteiger partial charge is 0.490 e. The summed E-state index contributed by atoms with van der Waals surface area (Å²) in [6.45, 7) is 3.45. The van der Waals surface area contributed by atoms with Gasteiger partial charge in [0, 0.05) is 17.6 Å². The average molecular weight is 216 g/mol. The van der Waals surface area contributed by atoms with Crippen molar-refractivity contribution in [3.63, 3.8) is 0 Å². The molecular weight excluding hydrogens is 202 g/mol. The van der Waals surface area contributed by atoms with Crippen LogP contribution in [-0.2, 0) is 0 Å². The third kappa shape index (κ3) is 3.09. The number of rotatable bonds is 5. The summed E-state index contributed by atoms with van der Waals surface area (Å²) in [5.41, 5.74) is 5.34. The van der Waals surface area contributed by atoms with E-state index in [1.54, 1.807) is 18.2 Å². The second-order valence-electron chi connectivity index (χ2n) is 2.66. The topological polar surface area (TPSA) is 44.5 Å². The summed E-state index contributed by atoms with van der Waals surface area (Å²) in [7, 11) is 0. The van der Waals surface area contributed by atoms with Gasteiger partial charge in [0.25, 0.3) is 0 Å². The fraction of sp³-hybridized carbons (Fsp3) is 0.400. The molecule has 0 spiro atoms. The van der Waals surface area contributed by atoms with E-state index in [-0.39, 0.29) is 0 Å². The van der Waals surface area contributed by atoms with Crippen molar-refractivity contribution in [1.82, 2.24) is 0 Å². The van der Waals surface area contributed by atoms with Gasteiger partial charge in [-0.25, -0.2) is 0 Å². The Kier molecular flexibility index (Phi) is 4.56. The maximum absolute atomic E-state index is 5.83. The van der Waals surface area contributed by atoms with Crippen LogP contribution >= 0.6 is 11.6 Å². The number of ether oxygens (including phenoxy) is 2. The highest BCUT2D eigenvalue weighted by Crippen LogP contribution is 2.30. The fourth-order valence-electron chi connectivity index (χ4n) is 1.04. The summed E-state index contributed by atoms with van der Waals surface area (Å²) in [5.74, 6) is 1.34. The second kappa shape index (κ2) is 5.73. The third-order valence-corrected chi connectivity index (χ3v) is 1.82. The molecule has 4 heteroatoms. The Morgan fingerprint density at radius 1 is 1.29 bits per heavy atom. The number of benzene rings is 1. The molecule has 0 radical (unpaired) electrons. The summed E-state index contributed by atoms with van der Waals surface area (Å²) in [5, 5.41) is 0.633. The van der Waals surface area contributed by atoms with E-state index in [0.29, 0.717) is 36.3 Å². The SMILES string of the molecule is CCOc1cc(Cl)ccc1OCCN. The Hall–Kier alpha value is -0.930. The first-order valence-corrected chi connectivity index (χ1v) is 4.91. The molecule has 0 unspecified atom stereocenters. The van der Waals surface area contributed by atoms with E-state index in [9.17, 15) is 0 Å². The van der Waals surface area contributed by atoms with Crippen LogP contribution in [0.1, 0.15) is 6.92 Å². The molecule has 0 atom stereocenters. The lowest BCUT2D eigenvalue weighted by molar-refractivity contribution is 0.282. The summed E-state index contributed by atoms with van der Waals surface area (Å²) in [6, 6.07) is 5.27. The molecule has 1 rings (SSSR count). The van der Waals surface area contributed by atoms with Crippen LogP contribution in [0.3, 0.4) is 0 Å². The van der Waals surface area contributed by atoms with Crippen molar-refractivity contribution in [3.05, 3.63) is 23.2 Å². The van der Waals surface area contributed by atoms with E-state index in [1.807, 2.05) is 6.92 Å². The normalized spacial score (nSPS) is 9.93. The van der Waals surface area contributed by atoms with Crippen LogP contribution in [0.5, 0.6) is 11.5 Å². The van der Waals surface area contributed by atoms with Gasteiger partial charge in [0.2, 0.25) is 0 Å². The van der Waals surface area contributed by atoms with Crippen molar-refractivity contribution in [2.45, 2.75) is 6.92 Å². The molecule has 0 saturated carbocycles. The van der Waals surface area contributed by atoms with Crippen LogP contribution in [0.2, 0.25) is 5.02 Å². The Morgan fingerprint density at radius 3 is 2.71 bits per heavy atom. The molecule has 1 aromatic rings. The molecule has 78 valence electrons. The Labute approximate surface area is 88.8 Å². The predicted molar refractivity (Wildman–Crippen MR) is 57.2 cm³/mol. The van der Waals surface area contributed by atoms with Gasteiger partial charge in [0.15, 0.2) is 11.5 Å². The third-order valence-electron chi connectivity index (χ3n) is 1.58. The van der Waals surface area contributed by atoms with E-state index < -0.39 is 0 Å². The van der Waals surface area contributed by atoms with Gasteiger partial charge >= 0.3 is 0 Å². The molecule has 0 saturated heterocycles. The maximum Gasteiger partial charge on any atom is 0.162 e. The number of halogens is 1. The molecule has 2 N–H and O–H groups in total. The fourth-order valence-corrected chi connectivity index (χ4v) is 1.20. The van der Waals surface area contributed by atoms with E-state index in [4.69, 9.17) is 26.8 Å². The van der Waals surface area contributed by atoms with Crippen LogP contribution in [0, 0.1) is 0 Å². The molecule has 3 nitrogen and oxygen atoms in total. The van der Waals surface area contributed by atoms with Crippen molar-refractivity contribution in [3.8, 4) is 11.5 Å². The lowest BCUT2D eigenvalue weighted by atomic mass is 10.3. The zero-order valence-electron chi connectivity index (χ0n) is 8.13. The first-order chi connectivity index (χ1) is 6.77. The standard InChI is InChI=1S/C10H14ClNO2/c1-2-13-10-7-8(11)3-4-9(10)14-6-5-12/h3-4,7H,2,5-6,12H2,1H3. The second-order valence-corrected chi connectivity index (χ2v) is 3.10. The Bertz CT molecular complexity index is 291. The molecule has 0 heterocycles. The minimum Gasteiger partial charge on any atom is -0.490 e. The van der Waals surface area contributed by atoms with Gasteiger partial charge in [-0.3, -0.25) is 0 Å². The zero-order valence-corrected chi connectivity index (χ0v) is 8.88. The van der Waals surface area contributed by atoms with Gasteiger partial charge in [-0.15, -0.1) is 0 Å². The zero-order chi connectivity index (χ0) is 10.4. The van der Waals surface area contributed by atoms with Gasteiger partial charge in [0.05, 0.1) is 6.61 Å². The Balaban J connectivity index is 2.78. The van der Waals surface area contributed by atoms with Crippen molar-refractivity contribution >= 4 is 11.6 Å². The number of nitrogens with two attached hydrogens (primary N) is 1. The van der Waals surface area contributed by atoms with Crippen molar-refractivity contribution in [2.75, 3.05) is 19.8 Å². The van der Waals surface area contributed by atoms with Gasteiger partial charge in [-0.05, 0) is 19.1 Å². The quantitative estimate of drug-likeness (QED) is 0.818. The van der Waals surface area contributed by atoms with Crippen molar-refractivity contribution in [2.24, 2.45) is 5.73 Å². The lowest BCUT2D eigenvalue weighted by Gasteiger charge is -2.11. The van der Waals surface area contributed by atoms with Crippen molar-refractivity contribution < 1.29 is 9.47 Å². The highest BCUT2D eigenvalue weighted by atomic mass is 35.5. The molecule has 0 aliphatic carbocycles.